The van der Waals surface area contributed by atoms with Gasteiger partial charge < -0.3 is 10.1 Å². The first kappa shape index (κ1) is 13.5. The van der Waals surface area contributed by atoms with Gasteiger partial charge in [0, 0.05) is 19.4 Å². The standard InChI is InChI=1S/C14H15N5O2/c1-2-11(9-4-7-21-8-5-9)16-14(20)10-3-6-15-13-12(10)17-19-18-13/h1,3,6,9,11H,4-5,7-8H2,(H,16,20)(H,15,17,18,19)/t11-/m1/s1. The number of H-pyrrole nitrogens is 1. The third-order valence-electron chi connectivity index (χ3n) is 3.67. The second-order valence-corrected chi connectivity index (χ2v) is 4.92. The molecular weight excluding hydrogens is 270 g/mol. The summed E-state index contributed by atoms with van der Waals surface area (Å²) in [6.07, 6.45) is 8.80. The van der Waals surface area contributed by atoms with E-state index in [0.29, 0.717) is 29.9 Å². The van der Waals surface area contributed by atoms with E-state index in [0.717, 1.165) is 12.8 Å². The number of fused-ring (bicyclic) bond motifs is 1. The minimum Gasteiger partial charge on any atom is -0.381 e. The fourth-order valence-electron chi connectivity index (χ4n) is 2.50. The zero-order chi connectivity index (χ0) is 14.7. The SMILES string of the molecule is C#C[C@@H](NC(=O)c1ccnc2n[nH]nc12)C1CCOCC1. The van der Waals surface area contributed by atoms with Crippen molar-refractivity contribution in [2.75, 3.05) is 13.2 Å². The van der Waals surface area contributed by atoms with Crippen LogP contribution >= 0.6 is 0 Å². The van der Waals surface area contributed by atoms with Crippen LogP contribution in [0.5, 0.6) is 0 Å². The van der Waals surface area contributed by atoms with Crippen molar-refractivity contribution in [3.05, 3.63) is 17.8 Å². The predicted molar refractivity (Wildman–Crippen MR) is 75.3 cm³/mol. The first-order valence-electron chi connectivity index (χ1n) is 6.80. The lowest BCUT2D eigenvalue weighted by Gasteiger charge is -2.27. The van der Waals surface area contributed by atoms with Crippen LogP contribution in [0.3, 0.4) is 0 Å². The number of pyridine rings is 1. The molecule has 0 aliphatic carbocycles. The number of amides is 1. The van der Waals surface area contributed by atoms with Crippen molar-refractivity contribution in [1.82, 2.24) is 25.7 Å². The highest BCUT2D eigenvalue weighted by atomic mass is 16.5. The smallest absolute Gasteiger partial charge is 0.254 e. The molecule has 1 atom stereocenters. The van der Waals surface area contributed by atoms with E-state index in [2.05, 4.69) is 31.6 Å². The first-order valence-corrected chi connectivity index (χ1v) is 6.80. The van der Waals surface area contributed by atoms with Gasteiger partial charge in [0.15, 0.2) is 0 Å². The Morgan fingerprint density at radius 1 is 1.48 bits per heavy atom. The summed E-state index contributed by atoms with van der Waals surface area (Å²) in [7, 11) is 0. The van der Waals surface area contributed by atoms with Gasteiger partial charge in [0.25, 0.3) is 5.91 Å². The molecule has 3 heterocycles. The maximum Gasteiger partial charge on any atom is 0.254 e. The summed E-state index contributed by atoms with van der Waals surface area (Å²) in [5.41, 5.74) is 1.27. The Kier molecular flexibility index (Phi) is 3.79. The van der Waals surface area contributed by atoms with Gasteiger partial charge >= 0.3 is 0 Å². The van der Waals surface area contributed by atoms with E-state index in [1.165, 1.54) is 6.20 Å². The van der Waals surface area contributed by atoms with Gasteiger partial charge in [-0.05, 0) is 24.8 Å². The van der Waals surface area contributed by atoms with Gasteiger partial charge in [-0.2, -0.15) is 10.3 Å². The van der Waals surface area contributed by atoms with Crippen LogP contribution in [-0.2, 0) is 4.74 Å². The Morgan fingerprint density at radius 2 is 2.29 bits per heavy atom. The van der Waals surface area contributed by atoms with Crippen molar-refractivity contribution in [1.29, 1.82) is 0 Å². The largest absolute Gasteiger partial charge is 0.381 e. The first-order chi connectivity index (χ1) is 10.3. The molecule has 7 nitrogen and oxygen atoms in total. The molecule has 2 aromatic rings. The number of carbonyl (C=O) groups is 1. The van der Waals surface area contributed by atoms with Crippen LogP contribution in [0.1, 0.15) is 23.2 Å². The molecule has 1 saturated heterocycles. The molecule has 0 radical (unpaired) electrons. The number of hydrogen-bond donors (Lipinski definition) is 2. The van der Waals surface area contributed by atoms with Gasteiger partial charge in [-0.3, -0.25) is 4.79 Å². The van der Waals surface area contributed by atoms with E-state index in [4.69, 9.17) is 11.2 Å². The Hall–Kier alpha value is -2.46. The second-order valence-electron chi connectivity index (χ2n) is 4.92. The van der Waals surface area contributed by atoms with Crippen molar-refractivity contribution < 1.29 is 9.53 Å². The van der Waals surface area contributed by atoms with Crippen molar-refractivity contribution >= 4 is 17.1 Å². The minimum atomic E-state index is -0.309. The highest BCUT2D eigenvalue weighted by molar-refractivity contribution is 6.03. The topological polar surface area (TPSA) is 92.8 Å². The minimum absolute atomic E-state index is 0.238. The zero-order valence-electron chi connectivity index (χ0n) is 11.4. The number of hydrogen-bond acceptors (Lipinski definition) is 5. The summed E-state index contributed by atoms with van der Waals surface area (Å²) in [5, 5.41) is 13.2. The molecular formula is C14H15N5O2. The Bertz CT molecular complexity index is 684. The lowest BCUT2D eigenvalue weighted by atomic mass is 9.92. The average Bonchev–Trinajstić information content (AvgIpc) is 3.01. The maximum absolute atomic E-state index is 12.4. The molecule has 7 heteroatoms. The Morgan fingerprint density at radius 3 is 3.05 bits per heavy atom. The van der Waals surface area contributed by atoms with Crippen LogP contribution < -0.4 is 5.32 Å². The van der Waals surface area contributed by atoms with E-state index < -0.39 is 0 Å². The van der Waals surface area contributed by atoms with Crippen LogP contribution in [0.2, 0.25) is 0 Å². The number of ether oxygens (including phenoxy) is 1. The van der Waals surface area contributed by atoms with E-state index in [1.54, 1.807) is 6.07 Å². The third-order valence-corrected chi connectivity index (χ3v) is 3.67. The van der Waals surface area contributed by atoms with E-state index >= 15 is 0 Å². The van der Waals surface area contributed by atoms with Gasteiger partial charge in [0.05, 0.1) is 11.6 Å². The van der Waals surface area contributed by atoms with E-state index in [-0.39, 0.29) is 17.9 Å². The molecule has 3 rings (SSSR count). The van der Waals surface area contributed by atoms with Crippen LogP contribution in [0.4, 0.5) is 0 Å². The molecule has 0 unspecified atom stereocenters. The van der Waals surface area contributed by atoms with Crippen molar-refractivity contribution in [3.63, 3.8) is 0 Å². The number of nitrogens with one attached hydrogen (secondary N) is 2. The van der Waals surface area contributed by atoms with Gasteiger partial charge in [0.2, 0.25) is 5.65 Å². The number of terminal acetylenes is 1. The number of rotatable bonds is 3. The molecule has 108 valence electrons. The lowest BCUT2D eigenvalue weighted by Crippen LogP contribution is -2.41. The summed E-state index contributed by atoms with van der Waals surface area (Å²) >= 11 is 0. The normalized spacial score (nSPS) is 17.3. The second kappa shape index (κ2) is 5.89. The fraction of sp³-hybridized carbons (Fsp3) is 0.429. The lowest BCUT2D eigenvalue weighted by molar-refractivity contribution is 0.0579. The average molecular weight is 285 g/mol. The van der Waals surface area contributed by atoms with Gasteiger partial charge in [-0.1, -0.05) is 5.92 Å². The fourth-order valence-corrected chi connectivity index (χ4v) is 2.50. The number of aromatic nitrogens is 4. The number of carbonyl (C=O) groups excluding carboxylic acids is 1. The molecule has 0 saturated carbocycles. The number of aromatic amines is 1. The van der Waals surface area contributed by atoms with Gasteiger partial charge in [0.1, 0.15) is 5.52 Å². The highest BCUT2D eigenvalue weighted by Gasteiger charge is 2.25. The van der Waals surface area contributed by atoms with E-state index in [9.17, 15) is 4.79 Å². The van der Waals surface area contributed by atoms with Crippen LogP contribution in [0, 0.1) is 18.3 Å². The molecule has 2 aromatic heterocycles. The molecule has 2 N–H and O–H groups in total. The molecule has 1 amide bonds. The van der Waals surface area contributed by atoms with Gasteiger partial charge in [-0.25, -0.2) is 4.98 Å². The van der Waals surface area contributed by atoms with Crippen molar-refractivity contribution in [3.8, 4) is 12.3 Å². The quantitative estimate of drug-likeness (QED) is 0.802. The molecule has 0 bridgehead atoms. The van der Waals surface area contributed by atoms with Crippen LogP contribution in [-0.4, -0.2) is 45.6 Å². The predicted octanol–water partition coefficient (Wildman–Crippen LogP) is 0.511. The summed E-state index contributed by atoms with van der Waals surface area (Å²) in [4.78, 5) is 16.5. The van der Waals surface area contributed by atoms with Gasteiger partial charge in [-0.15, -0.1) is 11.5 Å². The van der Waals surface area contributed by atoms with Crippen molar-refractivity contribution in [2.24, 2.45) is 5.92 Å². The molecule has 0 aromatic carbocycles. The maximum atomic E-state index is 12.4. The highest BCUT2D eigenvalue weighted by Crippen LogP contribution is 2.19. The zero-order valence-corrected chi connectivity index (χ0v) is 11.4. The monoisotopic (exact) mass is 285 g/mol. The molecule has 1 aliphatic rings. The summed E-state index contributed by atoms with van der Waals surface area (Å²) < 4.78 is 5.32. The van der Waals surface area contributed by atoms with E-state index in [1.807, 2.05) is 0 Å². The van der Waals surface area contributed by atoms with Crippen LogP contribution in [0.25, 0.3) is 11.2 Å². The summed E-state index contributed by atoms with van der Waals surface area (Å²) in [5.74, 6) is 2.65. The van der Waals surface area contributed by atoms with Crippen molar-refractivity contribution in [2.45, 2.75) is 18.9 Å². The van der Waals surface area contributed by atoms with Crippen LogP contribution in [0.15, 0.2) is 12.3 Å². The third kappa shape index (κ3) is 2.71. The summed E-state index contributed by atoms with van der Waals surface area (Å²) in [6.45, 7) is 1.36. The Balaban J connectivity index is 1.78. The molecule has 1 aliphatic heterocycles. The Labute approximate surface area is 121 Å². The molecule has 21 heavy (non-hydrogen) atoms. The molecule has 1 fully saturated rings. The molecule has 0 spiro atoms. The number of nitrogens with zero attached hydrogens (tertiary/aromatic N) is 3. The summed E-state index contributed by atoms with van der Waals surface area (Å²) in [6, 6.07) is 1.30.